The van der Waals surface area contributed by atoms with Crippen molar-refractivity contribution in [1.29, 1.82) is 0 Å². The van der Waals surface area contributed by atoms with Gasteiger partial charge in [0.1, 0.15) is 23.9 Å². The summed E-state index contributed by atoms with van der Waals surface area (Å²) in [5, 5.41) is 28.4. The Balaban J connectivity index is 1.74. The number of hydrazine groups is 1. The maximum absolute atomic E-state index is 13.8. The Morgan fingerprint density at radius 3 is 2.22 bits per heavy atom. The van der Waals surface area contributed by atoms with E-state index in [1.807, 2.05) is 6.08 Å². The van der Waals surface area contributed by atoms with Crippen LogP contribution >= 0.6 is 0 Å². The molecule has 0 aromatic heterocycles. The van der Waals surface area contributed by atoms with Crippen LogP contribution in [0.3, 0.4) is 0 Å². The van der Waals surface area contributed by atoms with Crippen LogP contribution in [0.1, 0.15) is 63.0 Å². The number of nitrogens with zero attached hydrogens (tertiary/aromatic N) is 3. The van der Waals surface area contributed by atoms with Crippen molar-refractivity contribution in [2.24, 2.45) is 22.2 Å². The predicted octanol–water partition coefficient (Wildman–Crippen LogP) is 0.504. The Labute approximate surface area is 348 Å². The van der Waals surface area contributed by atoms with E-state index >= 15 is 0 Å². The molecule has 3 rings (SSSR count). The summed E-state index contributed by atoms with van der Waals surface area (Å²) in [6.07, 6.45) is 4.71. The first-order valence-corrected chi connectivity index (χ1v) is 19.4. The number of hydrogen-bond donors (Lipinski definition) is 8. The number of likely N-dealkylation sites (tertiary alicyclic amines) is 1. The van der Waals surface area contributed by atoms with Crippen LogP contribution in [0.15, 0.2) is 35.3 Å². The summed E-state index contributed by atoms with van der Waals surface area (Å²) < 4.78 is 21.8. The summed E-state index contributed by atoms with van der Waals surface area (Å²) in [5.41, 5.74) is 20.7. The van der Waals surface area contributed by atoms with E-state index in [1.165, 1.54) is 40.3 Å². The number of hydrogen-bond acceptors (Lipinski definition) is 14. The van der Waals surface area contributed by atoms with Crippen molar-refractivity contribution in [3.05, 3.63) is 51.6 Å². The van der Waals surface area contributed by atoms with Gasteiger partial charge in [0.05, 0.1) is 46.3 Å². The van der Waals surface area contributed by atoms with Crippen molar-refractivity contribution >= 4 is 47.4 Å². The Morgan fingerprint density at radius 1 is 0.950 bits per heavy atom. The molecule has 0 unspecified atom stereocenters. The summed E-state index contributed by atoms with van der Waals surface area (Å²) in [7, 11) is 5.97. The molecule has 0 bridgehead atoms. The van der Waals surface area contributed by atoms with Crippen molar-refractivity contribution in [2.75, 3.05) is 53.4 Å². The second-order valence-electron chi connectivity index (χ2n) is 13.9. The smallest absolute Gasteiger partial charge is 0.251 e. The number of rotatable bonds is 23. The van der Waals surface area contributed by atoms with E-state index in [4.69, 9.17) is 36.1 Å². The van der Waals surface area contributed by atoms with Crippen LogP contribution in [0.5, 0.6) is 23.0 Å². The molecule has 60 heavy (non-hydrogen) atoms. The van der Waals surface area contributed by atoms with Gasteiger partial charge >= 0.3 is 0 Å². The van der Waals surface area contributed by atoms with Crippen molar-refractivity contribution < 1.29 is 48.3 Å². The number of aliphatic hydroxyl groups is 1. The molecule has 2 aromatic rings. The zero-order valence-electron chi connectivity index (χ0n) is 34.6. The molecule has 0 saturated carbocycles. The first-order chi connectivity index (χ1) is 28.7. The molecular weight excluding hydrogens is 784 g/mol. The third-order valence-electron chi connectivity index (χ3n) is 9.60. The number of anilines is 1. The average Bonchev–Trinajstić information content (AvgIpc) is 3.72. The minimum absolute atomic E-state index is 0.0813. The lowest BCUT2D eigenvalue weighted by Gasteiger charge is -2.29. The third kappa shape index (κ3) is 14.0. The Hall–Kier alpha value is -6.19. The van der Waals surface area contributed by atoms with Crippen LogP contribution in [0.25, 0.3) is 12.2 Å². The van der Waals surface area contributed by atoms with Crippen molar-refractivity contribution in [3.8, 4) is 23.0 Å². The number of carbonyl (C=O) groups is 4. The highest BCUT2D eigenvalue weighted by atomic mass is 16.7. The molecule has 21 nitrogen and oxygen atoms in total. The number of amides is 4. The number of carbonyl (C=O) groups excluding carboxylic acids is 4. The molecule has 5 atom stereocenters. The van der Waals surface area contributed by atoms with Crippen molar-refractivity contribution in [1.82, 2.24) is 21.0 Å². The molecule has 4 amide bonds. The van der Waals surface area contributed by atoms with E-state index in [0.29, 0.717) is 67.2 Å². The number of nitrogens with one attached hydrogen (secondary N) is 4. The fourth-order valence-electron chi connectivity index (χ4n) is 6.50. The van der Waals surface area contributed by atoms with E-state index in [-0.39, 0.29) is 37.6 Å². The highest BCUT2D eigenvalue weighted by Crippen LogP contribution is 2.39. The largest absolute Gasteiger partial charge is 0.495 e. The number of nitrogens with two attached hydrogens (primary N) is 3. The Morgan fingerprint density at radius 2 is 1.62 bits per heavy atom. The minimum atomic E-state index is -1.45. The van der Waals surface area contributed by atoms with Crippen LogP contribution in [-0.2, 0) is 19.2 Å². The second kappa shape index (κ2) is 24.0. The van der Waals surface area contributed by atoms with Crippen LogP contribution in [0.2, 0.25) is 0 Å². The zero-order chi connectivity index (χ0) is 44.4. The molecule has 1 heterocycles. The number of methoxy groups -OCH3 is 4. The predicted molar refractivity (Wildman–Crippen MR) is 224 cm³/mol. The highest BCUT2D eigenvalue weighted by Gasteiger charge is 2.38. The van der Waals surface area contributed by atoms with Gasteiger partial charge in [0, 0.05) is 13.1 Å². The van der Waals surface area contributed by atoms with Gasteiger partial charge in [0.25, 0.3) is 5.96 Å². The van der Waals surface area contributed by atoms with Gasteiger partial charge in [-0.1, -0.05) is 23.6 Å². The number of aliphatic hydroxyl groups excluding tert-OH is 1. The lowest BCUT2D eigenvalue weighted by molar-refractivity contribution is -0.525. The summed E-state index contributed by atoms with van der Waals surface area (Å²) in [5.74, 6) is -1.22. The van der Waals surface area contributed by atoms with Gasteiger partial charge in [0.15, 0.2) is 16.5 Å². The number of nitro groups is 1. The molecule has 21 heteroatoms. The third-order valence-corrected chi connectivity index (χ3v) is 9.60. The molecular formula is C39H58N10O11. The van der Waals surface area contributed by atoms with E-state index in [2.05, 4.69) is 20.9 Å². The summed E-state index contributed by atoms with van der Waals surface area (Å²) in [6, 6.07) is 4.14. The molecule has 0 aliphatic carbocycles. The van der Waals surface area contributed by atoms with Crippen LogP contribution in [0, 0.1) is 10.1 Å². The number of ether oxygens (including phenoxy) is 4. The fraction of sp³-hybridized carbons (Fsp3) is 0.513. The molecule has 1 aliphatic heterocycles. The fourth-order valence-corrected chi connectivity index (χ4v) is 6.50. The maximum atomic E-state index is 13.8. The van der Waals surface area contributed by atoms with Crippen LogP contribution in [-0.4, -0.2) is 123 Å². The summed E-state index contributed by atoms with van der Waals surface area (Å²) in [4.78, 5) is 70.2. The molecule has 1 fully saturated rings. The van der Waals surface area contributed by atoms with Gasteiger partial charge in [-0.05, 0) is 93.8 Å². The van der Waals surface area contributed by atoms with Gasteiger partial charge < -0.3 is 62.1 Å². The molecule has 0 radical (unpaired) electrons. The number of guanidine groups is 1. The molecule has 2 aromatic carbocycles. The zero-order valence-corrected chi connectivity index (χ0v) is 34.6. The standard InChI is InChI=1S/C39H58N10O11/c1-23(50)33(37(53)45-28-20-24(15-16-30(28)57-2)13-14-25-21-31(58-3)34(60-5)32(22-25)59-4)46-35(51)27(11-6-7-17-40)44-36(52)29-12-9-19-48(29)38(54)26(41)10-8-18-43-39(42)47-49(55)56/h13-16,20-23,26-27,29,33,50H,6-12,17-19,40-41H2,1-5H3,(H,44,52)(H,45,53)(H,46,51)(H3,42,43,47)/b14-13-/t23-,26+,27+,29+,33+/m1/s1. The topological polar surface area (TPSA) is 310 Å². The monoisotopic (exact) mass is 842 g/mol. The highest BCUT2D eigenvalue weighted by molar-refractivity contribution is 6.00. The Bertz CT molecular complexity index is 1830. The van der Waals surface area contributed by atoms with Gasteiger partial charge in [-0.15, -0.1) is 0 Å². The quantitative estimate of drug-likeness (QED) is 0.0189. The van der Waals surface area contributed by atoms with E-state index in [0.717, 1.165) is 5.56 Å². The summed E-state index contributed by atoms with van der Waals surface area (Å²) in [6.45, 7) is 2.03. The van der Waals surface area contributed by atoms with E-state index in [1.54, 1.807) is 41.8 Å². The minimum Gasteiger partial charge on any atom is -0.495 e. The van der Waals surface area contributed by atoms with Gasteiger partial charge in [-0.2, -0.15) is 0 Å². The van der Waals surface area contributed by atoms with Gasteiger partial charge in [-0.3, -0.25) is 19.2 Å². The van der Waals surface area contributed by atoms with E-state index in [9.17, 15) is 34.4 Å². The molecule has 11 N–H and O–H groups in total. The first-order valence-electron chi connectivity index (χ1n) is 19.4. The number of aliphatic imine (C=N–C) groups is 1. The number of unbranched alkanes of at least 4 members (excludes halogenated alkanes) is 1. The van der Waals surface area contributed by atoms with E-state index < -0.39 is 58.9 Å². The lowest BCUT2D eigenvalue weighted by Crippen LogP contribution is -2.58. The van der Waals surface area contributed by atoms with Crippen LogP contribution < -0.4 is 57.5 Å². The molecule has 330 valence electrons. The molecule has 1 aliphatic rings. The molecule has 1 saturated heterocycles. The van der Waals surface area contributed by atoms with Crippen LogP contribution in [0.4, 0.5) is 5.69 Å². The Kier molecular flexibility index (Phi) is 19.3. The van der Waals surface area contributed by atoms with Gasteiger partial charge in [-0.25, -0.2) is 15.1 Å². The van der Waals surface area contributed by atoms with Crippen molar-refractivity contribution in [2.45, 2.75) is 82.1 Å². The van der Waals surface area contributed by atoms with Crippen molar-refractivity contribution in [3.63, 3.8) is 0 Å². The molecule has 0 spiro atoms. The summed E-state index contributed by atoms with van der Waals surface area (Å²) >= 11 is 0. The maximum Gasteiger partial charge on any atom is 0.251 e. The second-order valence-corrected chi connectivity index (χ2v) is 13.9. The SMILES string of the molecule is COc1ccc(/C=C\c2cc(OC)c(OC)c(OC)c2)cc1NC(=O)[C@@H](NC(=O)[C@H](CCCCN)NC(=O)[C@@H]1CCCN1C(=O)[C@@H](N)CCCN=C(N)N[N+](=O)[O-])[C@@H](C)O. The first kappa shape index (κ1) is 48.2. The number of benzene rings is 2. The normalized spacial score (nSPS) is 16.0. The lowest BCUT2D eigenvalue weighted by atomic mass is 10.0. The van der Waals surface area contributed by atoms with Gasteiger partial charge in [0.2, 0.25) is 29.4 Å². The average molecular weight is 843 g/mol.